The third kappa shape index (κ3) is 5.77. The van der Waals surface area contributed by atoms with Gasteiger partial charge in [0.05, 0.1) is 5.39 Å². The van der Waals surface area contributed by atoms with Crippen molar-refractivity contribution in [1.29, 1.82) is 0 Å². The van der Waals surface area contributed by atoms with E-state index in [1.165, 1.54) is 5.56 Å². The number of halogens is 2. The predicted molar refractivity (Wildman–Crippen MR) is 139 cm³/mol. The zero-order valence-electron chi connectivity index (χ0n) is 18.8. The Hall–Kier alpha value is -3.50. The van der Waals surface area contributed by atoms with Gasteiger partial charge in [-0.1, -0.05) is 64.5 Å². The number of benzene rings is 3. The van der Waals surface area contributed by atoms with E-state index in [2.05, 4.69) is 39.3 Å². The molecule has 4 aromatic rings. The maximum absolute atomic E-state index is 12.7. The standard InChI is InChI=1S/C27H22Cl2N4O2/c28-22-15-20(16-23(29)17-22)9-8-19-4-3-5-21(14-19)18-32-10-12-33(13-11-32)27(34)30-26-24-6-1-2-7-25(24)35-31-26/h1-7,14-17H,10-13,18H2,(H,30,31,34). The number of para-hydroxylation sites is 1. The van der Waals surface area contributed by atoms with Gasteiger partial charge >= 0.3 is 6.03 Å². The molecule has 0 radical (unpaired) electrons. The first-order valence-corrected chi connectivity index (χ1v) is 12.0. The minimum absolute atomic E-state index is 0.165. The summed E-state index contributed by atoms with van der Waals surface area (Å²) in [5.41, 5.74) is 3.53. The van der Waals surface area contributed by atoms with Crippen molar-refractivity contribution in [3.05, 3.63) is 93.5 Å². The third-order valence-electron chi connectivity index (χ3n) is 5.81. The number of nitrogens with one attached hydrogen (secondary N) is 1. The number of amides is 2. The Morgan fingerprint density at radius 3 is 2.46 bits per heavy atom. The van der Waals surface area contributed by atoms with E-state index in [1.54, 1.807) is 23.1 Å². The smallest absolute Gasteiger partial charge is 0.323 e. The number of aromatic nitrogens is 1. The van der Waals surface area contributed by atoms with Crippen molar-refractivity contribution in [1.82, 2.24) is 15.0 Å². The number of carbonyl (C=O) groups is 1. The molecule has 8 heteroatoms. The number of nitrogens with zero attached hydrogens (tertiary/aromatic N) is 3. The molecule has 0 saturated carbocycles. The van der Waals surface area contributed by atoms with Gasteiger partial charge in [0.15, 0.2) is 11.4 Å². The van der Waals surface area contributed by atoms with Crippen LogP contribution in [0.2, 0.25) is 10.0 Å². The lowest BCUT2D eigenvalue weighted by Crippen LogP contribution is -2.49. The van der Waals surface area contributed by atoms with Crippen LogP contribution in [-0.2, 0) is 6.54 Å². The van der Waals surface area contributed by atoms with Crippen LogP contribution in [0.4, 0.5) is 10.6 Å². The average Bonchev–Trinajstić information content (AvgIpc) is 3.26. The van der Waals surface area contributed by atoms with Crippen LogP contribution < -0.4 is 5.32 Å². The first-order valence-electron chi connectivity index (χ1n) is 11.2. The second-order valence-electron chi connectivity index (χ2n) is 8.33. The highest BCUT2D eigenvalue weighted by molar-refractivity contribution is 6.34. The molecule has 0 atom stereocenters. The number of piperazine rings is 1. The van der Waals surface area contributed by atoms with Crippen molar-refractivity contribution < 1.29 is 9.32 Å². The van der Waals surface area contributed by atoms with Crippen molar-refractivity contribution in [2.45, 2.75) is 6.54 Å². The fourth-order valence-electron chi connectivity index (χ4n) is 4.04. The predicted octanol–water partition coefficient (Wildman–Crippen LogP) is 5.88. The Bertz CT molecular complexity index is 1410. The highest BCUT2D eigenvalue weighted by Crippen LogP contribution is 2.23. The molecule has 1 saturated heterocycles. The second kappa shape index (κ2) is 10.4. The Morgan fingerprint density at radius 1 is 0.914 bits per heavy atom. The summed E-state index contributed by atoms with van der Waals surface area (Å²) in [7, 11) is 0. The number of hydrogen-bond donors (Lipinski definition) is 1. The Balaban J connectivity index is 1.16. The van der Waals surface area contributed by atoms with Crippen molar-refractivity contribution >= 4 is 46.0 Å². The van der Waals surface area contributed by atoms with Gasteiger partial charge in [-0.15, -0.1) is 0 Å². The molecule has 0 spiro atoms. The molecule has 176 valence electrons. The van der Waals surface area contributed by atoms with Crippen LogP contribution in [0.25, 0.3) is 11.0 Å². The second-order valence-corrected chi connectivity index (χ2v) is 9.20. The molecule has 1 fully saturated rings. The number of hydrogen-bond acceptors (Lipinski definition) is 4. The molecule has 1 aliphatic rings. The highest BCUT2D eigenvalue weighted by atomic mass is 35.5. The van der Waals surface area contributed by atoms with E-state index in [-0.39, 0.29) is 6.03 Å². The maximum atomic E-state index is 12.7. The molecule has 2 amide bonds. The average molecular weight is 505 g/mol. The van der Waals surface area contributed by atoms with Crippen LogP contribution in [0.15, 0.2) is 71.3 Å². The monoisotopic (exact) mass is 504 g/mol. The number of fused-ring (bicyclic) bond motifs is 1. The molecule has 1 N–H and O–H groups in total. The topological polar surface area (TPSA) is 61.6 Å². The van der Waals surface area contributed by atoms with E-state index in [1.807, 2.05) is 36.4 Å². The fourth-order valence-corrected chi connectivity index (χ4v) is 4.57. The number of anilines is 1. The fraction of sp³-hybridized carbons (Fsp3) is 0.185. The van der Waals surface area contributed by atoms with E-state index >= 15 is 0 Å². The molecule has 35 heavy (non-hydrogen) atoms. The molecular weight excluding hydrogens is 483 g/mol. The van der Waals surface area contributed by atoms with Gasteiger partial charge in [0.25, 0.3) is 0 Å². The third-order valence-corrected chi connectivity index (χ3v) is 6.25. The Morgan fingerprint density at radius 2 is 1.66 bits per heavy atom. The molecule has 3 aromatic carbocycles. The van der Waals surface area contributed by atoms with Crippen molar-refractivity contribution in [3.8, 4) is 11.8 Å². The molecule has 0 unspecified atom stereocenters. The van der Waals surface area contributed by atoms with Crippen LogP contribution in [-0.4, -0.2) is 47.2 Å². The number of rotatable bonds is 3. The van der Waals surface area contributed by atoms with Crippen LogP contribution in [0.5, 0.6) is 0 Å². The summed E-state index contributed by atoms with van der Waals surface area (Å²) in [6.07, 6.45) is 0. The molecule has 5 rings (SSSR count). The van der Waals surface area contributed by atoms with Crippen LogP contribution in [0.3, 0.4) is 0 Å². The van der Waals surface area contributed by atoms with E-state index < -0.39 is 0 Å². The summed E-state index contributed by atoms with van der Waals surface area (Å²) in [5.74, 6) is 6.76. The molecule has 0 bridgehead atoms. The van der Waals surface area contributed by atoms with Gasteiger partial charge in [-0.2, -0.15) is 0 Å². The summed E-state index contributed by atoms with van der Waals surface area (Å²) in [6.45, 7) is 3.63. The highest BCUT2D eigenvalue weighted by Gasteiger charge is 2.22. The van der Waals surface area contributed by atoms with E-state index in [0.717, 1.165) is 36.1 Å². The van der Waals surface area contributed by atoms with Gasteiger partial charge in [-0.3, -0.25) is 10.2 Å². The largest absolute Gasteiger partial charge is 0.354 e. The minimum Gasteiger partial charge on any atom is -0.354 e. The van der Waals surface area contributed by atoms with Crippen molar-refractivity contribution in [2.75, 3.05) is 31.5 Å². The molecular formula is C27H22Cl2N4O2. The molecule has 1 aromatic heterocycles. The lowest BCUT2D eigenvalue weighted by Gasteiger charge is -2.34. The van der Waals surface area contributed by atoms with Crippen LogP contribution in [0, 0.1) is 11.8 Å². The molecule has 6 nitrogen and oxygen atoms in total. The SMILES string of the molecule is O=C(Nc1noc2ccccc12)N1CCN(Cc2cccc(C#Cc3cc(Cl)cc(Cl)c3)c2)CC1. The normalized spacial score (nSPS) is 13.9. The van der Waals surface area contributed by atoms with Gasteiger partial charge in [0, 0.05) is 53.9 Å². The number of carbonyl (C=O) groups excluding carboxylic acids is 1. The lowest BCUT2D eigenvalue weighted by molar-refractivity contribution is 0.143. The van der Waals surface area contributed by atoms with Gasteiger partial charge in [-0.25, -0.2) is 4.79 Å². The van der Waals surface area contributed by atoms with Gasteiger partial charge in [0.2, 0.25) is 0 Å². The van der Waals surface area contributed by atoms with E-state index in [4.69, 9.17) is 27.7 Å². The van der Waals surface area contributed by atoms with Crippen molar-refractivity contribution in [2.24, 2.45) is 0 Å². The number of urea groups is 1. The van der Waals surface area contributed by atoms with Crippen LogP contribution in [0.1, 0.15) is 16.7 Å². The van der Waals surface area contributed by atoms with Gasteiger partial charge < -0.3 is 9.42 Å². The Kier molecular flexibility index (Phi) is 6.91. The zero-order valence-corrected chi connectivity index (χ0v) is 20.3. The van der Waals surface area contributed by atoms with E-state index in [0.29, 0.717) is 34.5 Å². The first kappa shape index (κ1) is 23.3. The molecule has 1 aliphatic heterocycles. The summed E-state index contributed by atoms with van der Waals surface area (Å²) in [4.78, 5) is 16.9. The molecule has 0 aliphatic carbocycles. The zero-order chi connectivity index (χ0) is 24.2. The minimum atomic E-state index is -0.165. The van der Waals surface area contributed by atoms with E-state index in [9.17, 15) is 4.79 Å². The summed E-state index contributed by atoms with van der Waals surface area (Å²) >= 11 is 12.1. The summed E-state index contributed by atoms with van der Waals surface area (Å²) < 4.78 is 5.27. The summed E-state index contributed by atoms with van der Waals surface area (Å²) in [6, 6.07) is 20.8. The van der Waals surface area contributed by atoms with Gasteiger partial charge in [0.1, 0.15) is 0 Å². The molecule has 2 heterocycles. The Labute approximate surface area is 213 Å². The van der Waals surface area contributed by atoms with Crippen molar-refractivity contribution in [3.63, 3.8) is 0 Å². The quantitative estimate of drug-likeness (QED) is 0.353. The van der Waals surface area contributed by atoms with Crippen LogP contribution >= 0.6 is 23.2 Å². The maximum Gasteiger partial charge on any atom is 0.323 e. The first-order chi connectivity index (χ1) is 17.0. The van der Waals surface area contributed by atoms with Gasteiger partial charge in [-0.05, 0) is 48.0 Å². The summed E-state index contributed by atoms with van der Waals surface area (Å²) in [5, 5.41) is 8.78. The lowest BCUT2D eigenvalue weighted by atomic mass is 10.1.